The maximum Gasteiger partial charge on any atom is 0.336 e. The molecule has 34 heavy (non-hydrogen) atoms. The second-order valence-electron chi connectivity index (χ2n) is 7.71. The van der Waals surface area contributed by atoms with Crippen LogP contribution in [0.3, 0.4) is 0 Å². The van der Waals surface area contributed by atoms with Crippen LogP contribution in [0, 0.1) is 0 Å². The summed E-state index contributed by atoms with van der Waals surface area (Å²) in [7, 11) is 1.63. The van der Waals surface area contributed by atoms with Crippen molar-refractivity contribution < 1.29 is 14.3 Å². The molecule has 5 rings (SSSR count). The molecule has 0 saturated heterocycles. The van der Waals surface area contributed by atoms with Crippen LogP contribution in [0.4, 0.5) is 0 Å². The molecule has 0 radical (unpaired) electrons. The minimum Gasteiger partial charge on any atom is -0.497 e. The van der Waals surface area contributed by atoms with Gasteiger partial charge in [-0.05, 0) is 65.4 Å². The molecule has 0 spiro atoms. The molecule has 0 aliphatic rings. The summed E-state index contributed by atoms with van der Waals surface area (Å²) in [5, 5.41) is 6.88. The van der Waals surface area contributed by atoms with Crippen LogP contribution in [0.2, 0.25) is 0 Å². The van der Waals surface area contributed by atoms with Crippen LogP contribution < -0.4 is 9.47 Å². The van der Waals surface area contributed by atoms with E-state index in [2.05, 4.69) is 0 Å². The zero-order valence-electron chi connectivity index (χ0n) is 18.6. The number of benzene rings is 4. The fourth-order valence-corrected chi connectivity index (χ4v) is 3.73. The predicted molar refractivity (Wildman–Crippen MR) is 134 cm³/mol. The number of carbonyl (C=O) groups is 1. The normalized spacial score (nSPS) is 11.1. The number of esters is 1. The van der Waals surface area contributed by atoms with Crippen LogP contribution in [0.5, 0.6) is 11.5 Å². The maximum absolute atomic E-state index is 12.6. The number of para-hydroxylation sites is 1. The largest absolute Gasteiger partial charge is 0.497 e. The first-order valence-corrected chi connectivity index (χ1v) is 10.9. The lowest BCUT2D eigenvalue weighted by atomic mass is 10.1. The highest BCUT2D eigenvalue weighted by atomic mass is 16.5. The molecule has 5 aromatic rings. The van der Waals surface area contributed by atoms with Crippen molar-refractivity contribution in [2.45, 2.75) is 0 Å². The Morgan fingerprint density at radius 2 is 1.53 bits per heavy atom. The highest BCUT2D eigenvalue weighted by Gasteiger charge is 2.12. The number of aromatic nitrogens is 2. The van der Waals surface area contributed by atoms with Crippen LogP contribution in [0.1, 0.15) is 5.56 Å². The number of fused-ring (bicyclic) bond motifs is 1. The molecule has 0 unspecified atom stereocenters. The van der Waals surface area contributed by atoms with E-state index < -0.39 is 5.97 Å². The van der Waals surface area contributed by atoms with Gasteiger partial charge in [0, 0.05) is 23.4 Å². The van der Waals surface area contributed by atoms with E-state index >= 15 is 0 Å². The first-order valence-electron chi connectivity index (χ1n) is 10.9. The number of carbonyl (C=O) groups excluding carboxylic acids is 1. The number of methoxy groups -OCH3 is 1. The fraction of sp³-hybridized carbons (Fsp3) is 0.0345. The Kier molecular flexibility index (Phi) is 5.91. The summed E-state index contributed by atoms with van der Waals surface area (Å²) in [6.07, 6.45) is 5.05. The van der Waals surface area contributed by atoms with Crippen LogP contribution in [-0.4, -0.2) is 22.9 Å². The number of hydrogen-bond acceptors (Lipinski definition) is 4. The summed E-state index contributed by atoms with van der Waals surface area (Å²) in [5.74, 6) is 0.814. The van der Waals surface area contributed by atoms with Crippen molar-refractivity contribution in [3.05, 3.63) is 115 Å². The molecule has 0 amide bonds. The van der Waals surface area contributed by atoms with Gasteiger partial charge >= 0.3 is 5.97 Å². The van der Waals surface area contributed by atoms with Crippen LogP contribution in [-0.2, 0) is 4.79 Å². The van der Waals surface area contributed by atoms with Crippen molar-refractivity contribution in [1.82, 2.24) is 9.78 Å². The topological polar surface area (TPSA) is 53.4 Å². The number of nitrogens with zero attached hydrogens (tertiary/aromatic N) is 2. The fourth-order valence-electron chi connectivity index (χ4n) is 3.73. The van der Waals surface area contributed by atoms with Gasteiger partial charge in [0.2, 0.25) is 0 Å². The molecule has 0 N–H and O–H groups in total. The number of ether oxygens (including phenoxy) is 2. The summed E-state index contributed by atoms with van der Waals surface area (Å²) in [6.45, 7) is 0. The van der Waals surface area contributed by atoms with Gasteiger partial charge < -0.3 is 9.47 Å². The van der Waals surface area contributed by atoms with Gasteiger partial charge in [0.15, 0.2) is 0 Å². The molecule has 5 nitrogen and oxygen atoms in total. The molecule has 0 atom stereocenters. The molecule has 0 fully saturated rings. The first-order chi connectivity index (χ1) is 16.7. The average Bonchev–Trinajstić information content (AvgIpc) is 3.32. The van der Waals surface area contributed by atoms with Crippen molar-refractivity contribution in [3.63, 3.8) is 0 Å². The standard InChI is InChI=1S/C29H22N2O3/c1-33-26-15-12-22(13-16-26)29-24(20-31(30-29)25-9-3-2-4-10-25)14-18-28(32)34-27-17-11-21-7-5-6-8-23(21)19-27/h2-20H,1H3/b18-14+. The van der Waals surface area contributed by atoms with E-state index in [4.69, 9.17) is 14.6 Å². The van der Waals surface area contributed by atoms with Gasteiger partial charge in [0.1, 0.15) is 11.5 Å². The molecular weight excluding hydrogens is 424 g/mol. The van der Waals surface area contributed by atoms with Crippen molar-refractivity contribution in [3.8, 4) is 28.4 Å². The summed E-state index contributed by atoms with van der Waals surface area (Å²) >= 11 is 0. The summed E-state index contributed by atoms with van der Waals surface area (Å²) < 4.78 is 12.6. The average molecular weight is 447 g/mol. The lowest BCUT2D eigenvalue weighted by Crippen LogP contribution is -2.03. The highest BCUT2D eigenvalue weighted by Crippen LogP contribution is 2.27. The third-order valence-corrected chi connectivity index (χ3v) is 5.47. The van der Waals surface area contributed by atoms with Gasteiger partial charge in [0.25, 0.3) is 0 Å². The van der Waals surface area contributed by atoms with E-state index in [1.807, 2.05) is 97.2 Å². The quantitative estimate of drug-likeness (QED) is 0.174. The monoisotopic (exact) mass is 446 g/mol. The zero-order chi connectivity index (χ0) is 23.3. The molecular formula is C29H22N2O3. The first kappa shape index (κ1) is 21.2. The van der Waals surface area contributed by atoms with E-state index in [-0.39, 0.29) is 0 Å². The molecule has 0 saturated carbocycles. The Labute approximate surface area is 197 Å². The minimum absolute atomic E-state index is 0.455. The van der Waals surface area contributed by atoms with Crippen LogP contribution in [0.25, 0.3) is 33.8 Å². The van der Waals surface area contributed by atoms with Gasteiger partial charge in [-0.15, -0.1) is 0 Å². The van der Waals surface area contributed by atoms with Crippen LogP contribution >= 0.6 is 0 Å². The Morgan fingerprint density at radius 1 is 0.824 bits per heavy atom. The third-order valence-electron chi connectivity index (χ3n) is 5.47. The van der Waals surface area contributed by atoms with Gasteiger partial charge in [0.05, 0.1) is 18.5 Å². The predicted octanol–water partition coefficient (Wildman–Crippen LogP) is 6.32. The molecule has 0 bridgehead atoms. The second kappa shape index (κ2) is 9.46. The van der Waals surface area contributed by atoms with E-state index in [0.717, 1.165) is 39.0 Å². The SMILES string of the molecule is COc1ccc(-c2nn(-c3ccccc3)cc2/C=C/C(=O)Oc2ccc3ccccc3c2)cc1. The molecule has 5 heteroatoms. The lowest BCUT2D eigenvalue weighted by molar-refractivity contribution is -0.128. The second-order valence-corrected chi connectivity index (χ2v) is 7.71. The van der Waals surface area contributed by atoms with E-state index in [9.17, 15) is 4.79 Å². The third kappa shape index (κ3) is 4.59. The Morgan fingerprint density at radius 3 is 2.29 bits per heavy atom. The highest BCUT2D eigenvalue weighted by molar-refractivity contribution is 5.91. The Bertz CT molecular complexity index is 1470. The molecule has 0 aliphatic carbocycles. The Balaban J connectivity index is 1.43. The van der Waals surface area contributed by atoms with Crippen molar-refractivity contribution in [2.24, 2.45) is 0 Å². The Hall–Kier alpha value is -4.64. The minimum atomic E-state index is -0.455. The van der Waals surface area contributed by atoms with Gasteiger partial charge in [-0.1, -0.05) is 48.5 Å². The van der Waals surface area contributed by atoms with Gasteiger partial charge in [-0.3, -0.25) is 0 Å². The molecule has 4 aromatic carbocycles. The summed E-state index contributed by atoms with van der Waals surface area (Å²) in [5.41, 5.74) is 3.39. The van der Waals surface area contributed by atoms with E-state index in [1.165, 1.54) is 6.08 Å². The lowest BCUT2D eigenvalue weighted by Gasteiger charge is -2.04. The molecule has 1 heterocycles. The summed E-state index contributed by atoms with van der Waals surface area (Å²) in [6, 6.07) is 31.0. The van der Waals surface area contributed by atoms with E-state index in [1.54, 1.807) is 23.9 Å². The van der Waals surface area contributed by atoms with Crippen molar-refractivity contribution >= 4 is 22.8 Å². The molecule has 166 valence electrons. The zero-order valence-corrected chi connectivity index (χ0v) is 18.6. The van der Waals surface area contributed by atoms with Crippen LogP contribution in [0.15, 0.2) is 109 Å². The molecule has 0 aliphatic heterocycles. The van der Waals surface area contributed by atoms with Crippen molar-refractivity contribution in [2.75, 3.05) is 7.11 Å². The number of hydrogen-bond donors (Lipinski definition) is 0. The van der Waals surface area contributed by atoms with E-state index in [0.29, 0.717) is 5.75 Å². The van der Waals surface area contributed by atoms with Crippen molar-refractivity contribution in [1.29, 1.82) is 0 Å². The van der Waals surface area contributed by atoms with Gasteiger partial charge in [-0.25, -0.2) is 9.48 Å². The maximum atomic E-state index is 12.6. The smallest absolute Gasteiger partial charge is 0.336 e. The van der Waals surface area contributed by atoms with Gasteiger partial charge in [-0.2, -0.15) is 5.10 Å². The molecule has 1 aromatic heterocycles. The summed E-state index contributed by atoms with van der Waals surface area (Å²) in [4.78, 5) is 12.6. The number of rotatable bonds is 6.